The number of para-hydroxylation sites is 2. The van der Waals surface area contributed by atoms with E-state index in [-0.39, 0.29) is 5.84 Å². The Bertz CT molecular complexity index is 4720. The lowest BCUT2D eigenvalue weighted by Gasteiger charge is -2.51. The zero-order valence-corrected chi connectivity index (χ0v) is 48.5. The molecule has 12 aromatic carbocycles. The molecule has 14 aromatic rings. The van der Waals surface area contributed by atoms with Gasteiger partial charge in [0.15, 0.2) is 5.84 Å². The molecule has 1 N–H and O–H groups in total. The maximum absolute atomic E-state index is 10.1. The second kappa shape index (κ2) is 23.5. The molecular formula is C81H62N4O2. The number of amidine groups is 2. The van der Waals surface area contributed by atoms with Crippen LogP contribution in [0.4, 0.5) is 11.4 Å². The molecule has 2 heterocycles. The van der Waals surface area contributed by atoms with Crippen molar-refractivity contribution < 1.29 is 8.83 Å². The number of allylic oxidation sites excluding steroid dienone is 1. The minimum atomic E-state index is -1.01. The van der Waals surface area contributed by atoms with Gasteiger partial charge in [0.05, 0.1) is 5.54 Å². The molecular weight excluding hydrogens is 1060 g/mol. The van der Waals surface area contributed by atoms with Crippen LogP contribution in [-0.2, 0) is 6.42 Å². The standard InChI is InChI=1S/C81H62N4O2/c1-3-72(61-36-20-9-21-37-61)81(54-56-26-10-4-11-27-56,55-84(2)80(65-43-47-69-67-39-23-25-41-76(67)87-78(69)53-65)83-79(82)64-42-46-68-66-38-22-24-40-75(66)86-77(68)52-64)85(73-48-44-62(57-28-12-5-13-29-57)50-70(73)59-32-16-7-17-33-59)74-49-45-63(58-30-14-6-15-31-58)51-71(74)60-34-18-8-19-35-60/h3-53,82H,54-55H2,1-2H3/b72-3-,82-79?,83-80?. The number of rotatable bonds is 15. The molecule has 0 radical (unpaired) electrons. The van der Waals surface area contributed by atoms with Crippen LogP contribution in [0.5, 0.6) is 0 Å². The number of anilines is 2. The average molecular weight is 1120 g/mol. The Kier molecular flexibility index (Phi) is 14.6. The molecule has 1 unspecified atom stereocenters. The van der Waals surface area contributed by atoms with Crippen molar-refractivity contribution in [3.05, 3.63) is 332 Å². The molecule has 0 bridgehead atoms. The molecule has 0 saturated heterocycles. The maximum atomic E-state index is 10.1. The van der Waals surface area contributed by atoms with E-state index >= 15 is 0 Å². The van der Waals surface area contributed by atoms with E-state index in [1.54, 1.807) is 0 Å². The summed E-state index contributed by atoms with van der Waals surface area (Å²) in [5.41, 5.74) is 17.6. The molecule has 0 saturated carbocycles. The zero-order valence-electron chi connectivity index (χ0n) is 48.5. The Morgan fingerprint density at radius 2 is 0.816 bits per heavy atom. The van der Waals surface area contributed by atoms with Gasteiger partial charge in [0, 0.05) is 75.2 Å². The number of nitrogens with one attached hydrogen (secondary N) is 1. The van der Waals surface area contributed by atoms with Crippen LogP contribution < -0.4 is 4.90 Å². The van der Waals surface area contributed by atoms with Crippen LogP contribution in [0.2, 0.25) is 0 Å². The Balaban J connectivity index is 1.07. The fourth-order valence-electron chi connectivity index (χ4n) is 12.9. The fraction of sp³-hybridized carbons (Fsp3) is 0.0617. The number of likely N-dealkylation sites (N-methyl/N-ethyl adjacent to an activating group) is 1. The molecule has 14 rings (SSSR count). The Morgan fingerprint density at radius 3 is 1.31 bits per heavy atom. The van der Waals surface area contributed by atoms with Crippen LogP contribution in [0, 0.1) is 5.41 Å². The van der Waals surface area contributed by atoms with Gasteiger partial charge in [-0.05, 0) is 118 Å². The Labute approximate surface area is 507 Å². The first-order valence-electron chi connectivity index (χ1n) is 29.7. The maximum Gasteiger partial charge on any atom is 0.154 e. The SMILES string of the molecule is C/C=C(/c1ccccc1)C(Cc1ccccc1)(CN(C)C(=NC(=N)c1ccc2c(c1)oc1ccccc12)c1ccc2c(c1)oc1ccccc12)N(c1ccc(-c2ccccc2)cc1-c1ccccc1)c1ccc(-c2ccccc2)cc1-c1ccccc1. The van der Waals surface area contributed by atoms with Crippen molar-refractivity contribution in [3.63, 3.8) is 0 Å². The van der Waals surface area contributed by atoms with E-state index in [9.17, 15) is 5.41 Å². The zero-order chi connectivity index (χ0) is 58.7. The van der Waals surface area contributed by atoms with Crippen molar-refractivity contribution in [1.82, 2.24) is 4.90 Å². The van der Waals surface area contributed by atoms with E-state index in [2.05, 4.69) is 279 Å². The van der Waals surface area contributed by atoms with Crippen molar-refractivity contribution in [2.24, 2.45) is 4.99 Å². The van der Waals surface area contributed by atoms with Gasteiger partial charge in [-0.1, -0.05) is 249 Å². The quantitative estimate of drug-likeness (QED) is 0.0820. The highest BCUT2D eigenvalue weighted by atomic mass is 16.3. The van der Waals surface area contributed by atoms with Crippen LogP contribution in [0.15, 0.2) is 323 Å². The minimum Gasteiger partial charge on any atom is -0.456 e. The van der Waals surface area contributed by atoms with Crippen LogP contribution in [-0.4, -0.2) is 35.7 Å². The summed E-state index contributed by atoms with van der Waals surface area (Å²) in [6, 6.07) is 107. The van der Waals surface area contributed by atoms with Gasteiger partial charge in [0.25, 0.3) is 0 Å². The summed E-state index contributed by atoms with van der Waals surface area (Å²) in [6.45, 7) is 2.54. The van der Waals surface area contributed by atoms with E-state index < -0.39 is 5.54 Å². The van der Waals surface area contributed by atoms with E-state index in [0.29, 0.717) is 29.9 Å². The molecule has 2 aromatic heterocycles. The smallest absolute Gasteiger partial charge is 0.154 e. The number of nitrogens with zero attached hydrogens (tertiary/aromatic N) is 3. The summed E-state index contributed by atoms with van der Waals surface area (Å²) >= 11 is 0. The third-order valence-corrected chi connectivity index (χ3v) is 16.9. The third kappa shape index (κ3) is 10.5. The molecule has 6 nitrogen and oxygen atoms in total. The summed E-state index contributed by atoms with van der Waals surface area (Å²) < 4.78 is 13.1. The highest BCUT2D eigenvalue weighted by molar-refractivity contribution is 6.15. The van der Waals surface area contributed by atoms with Gasteiger partial charge >= 0.3 is 0 Å². The lowest BCUT2D eigenvalue weighted by Crippen LogP contribution is -2.57. The topological polar surface area (TPSA) is 69.0 Å². The first-order valence-corrected chi connectivity index (χ1v) is 29.7. The van der Waals surface area contributed by atoms with Crippen molar-refractivity contribution in [2.45, 2.75) is 18.9 Å². The molecule has 0 amide bonds. The molecule has 0 aliphatic carbocycles. The first kappa shape index (κ1) is 53.9. The molecule has 0 spiro atoms. The van der Waals surface area contributed by atoms with E-state index in [4.69, 9.17) is 13.8 Å². The number of fused-ring (bicyclic) bond motifs is 6. The summed E-state index contributed by atoms with van der Waals surface area (Å²) in [5.74, 6) is 0.688. The number of hydrogen-bond donors (Lipinski definition) is 1. The number of furan rings is 2. The average Bonchev–Trinajstić information content (AvgIpc) is 1.79. The number of aliphatic imine (C=N–C) groups is 1. The molecule has 418 valence electrons. The van der Waals surface area contributed by atoms with Gasteiger partial charge in [0.1, 0.15) is 28.2 Å². The predicted octanol–water partition coefficient (Wildman–Crippen LogP) is 20.8. The van der Waals surface area contributed by atoms with E-state index in [0.717, 1.165) is 116 Å². The van der Waals surface area contributed by atoms with Gasteiger partial charge in [-0.15, -0.1) is 0 Å². The van der Waals surface area contributed by atoms with Crippen LogP contribution in [0.3, 0.4) is 0 Å². The second-order valence-corrected chi connectivity index (χ2v) is 22.3. The second-order valence-electron chi connectivity index (χ2n) is 22.3. The van der Waals surface area contributed by atoms with Gasteiger partial charge < -0.3 is 18.6 Å². The molecule has 1 atom stereocenters. The van der Waals surface area contributed by atoms with Gasteiger partial charge in [0.2, 0.25) is 0 Å². The van der Waals surface area contributed by atoms with Gasteiger partial charge in [-0.3, -0.25) is 5.41 Å². The highest BCUT2D eigenvalue weighted by Crippen LogP contribution is 2.51. The van der Waals surface area contributed by atoms with E-state index in [1.807, 2.05) is 54.6 Å². The molecule has 87 heavy (non-hydrogen) atoms. The lowest BCUT2D eigenvalue weighted by atomic mass is 9.76. The summed E-state index contributed by atoms with van der Waals surface area (Å²) in [4.78, 5) is 10.5. The first-order chi connectivity index (χ1) is 42.9. The molecule has 0 aliphatic heterocycles. The van der Waals surface area contributed by atoms with Crippen LogP contribution in [0.25, 0.3) is 94.0 Å². The van der Waals surface area contributed by atoms with Gasteiger partial charge in [-0.25, -0.2) is 4.99 Å². The molecule has 0 fully saturated rings. The van der Waals surface area contributed by atoms with Crippen LogP contribution in [0.1, 0.15) is 29.2 Å². The van der Waals surface area contributed by atoms with E-state index in [1.165, 1.54) is 0 Å². The monoisotopic (exact) mass is 1120 g/mol. The van der Waals surface area contributed by atoms with Crippen molar-refractivity contribution in [2.75, 3.05) is 18.5 Å². The van der Waals surface area contributed by atoms with Crippen molar-refractivity contribution in [3.8, 4) is 44.5 Å². The molecule has 0 aliphatic rings. The summed E-state index contributed by atoms with van der Waals surface area (Å²) in [6.07, 6.45) is 2.86. The van der Waals surface area contributed by atoms with Crippen molar-refractivity contribution in [1.29, 1.82) is 5.41 Å². The third-order valence-electron chi connectivity index (χ3n) is 16.9. The minimum absolute atomic E-state index is 0.0921. The number of benzene rings is 12. The lowest BCUT2D eigenvalue weighted by molar-refractivity contribution is 0.385. The fourth-order valence-corrected chi connectivity index (χ4v) is 12.9. The Morgan fingerprint density at radius 1 is 0.402 bits per heavy atom. The molecule has 6 heteroatoms. The Hall–Kier alpha value is -11.1. The van der Waals surface area contributed by atoms with Crippen LogP contribution >= 0.6 is 0 Å². The predicted molar refractivity (Wildman–Crippen MR) is 363 cm³/mol. The summed E-state index contributed by atoms with van der Waals surface area (Å²) in [7, 11) is 2.14. The van der Waals surface area contributed by atoms with Gasteiger partial charge in [-0.2, -0.15) is 0 Å². The van der Waals surface area contributed by atoms with Crippen molar-refractivity contribution >= 4 is 72.5 Å². The normalized spacial score (nSPS) is 12.6. The number of hydrogen-bond acceptors (Lipinski definition) is 4. The largest absolute Gasteiger partial charge is 0.456 e. The highest BCUT2D eigenvalue weighted by Gasteiger charge is 2.46. The summed E-state index contributed by atoms with van der Waals surface area (Å²) in [5, 5.41) is 14.2.